The molecule has 0 bridgehead atoms. The summed E-state index contributed by atoms with van der Waals surface area (Å²) < 4.78 is 5.28. The maximum absolute atomic E-state index is 12.2. The van der Waals surface area contributed by atoms with E-state index in [9.17, 15) is 4.79 Å². The normalized spacial score (nSPS) is 16.7. The Bertz CT molecular complexity index is 538. The number of ether oxygens (including phenoxy) is 1. The molecule has 1 aliphatic rings. The second-order valence-electron chi connectivity index (χ2n) is 5.22. The van der Waals surface area contributed by atoms with E-state index in [4.69, 9.17) is 10.00 Å². The van der Waals surface area contributed by atoms with Crippen LogP contribution in [0.5, 0.6) is 0 Å². The Morgan fingerprint density at radius 1 is 1.45 bits per heavy atom. The minimum absolute atomic E-state index is 0.0112. The van der Waals surface area contributed by atoms with Crippen molar-refractivity contribution in [2.24, 2.45) is 0 Å². The van der Waals surface area contributed by atoms with Crippen LogP contribution in [0.3, 0.4) is 0 Å². The molecule has 0 radical (unpaired) electrons. The summed E-state index contributed by atoms with van der Waals surface area (Å²) in [6, 6.07) is 9.90. The number of hydrogen-bond acceptors (Lipinski definition) is 5. The van der Waals surface area contributed by atoms with Crippen molar-refractivity contribution in [3.63, 3.8) is 0 Å². The predicted molar refractivity (Wildman–Crippen MR) is 87.9 cm³/mol. The summed E-state index contributed by atoms with van der Waals surface area (Å²) in [7, 11) is 0. The molecule has 118 valence electrons. The van der Waals surface area contributed by atoms with Crippen molar-refractivity contribution in [3.8, 4) is 6.07 Å². The van der Waals surface area contributed by atoms with E-state index in [1.54, 1.807) is 11.8 Å². The zero-order valence-electron chi connectivity index (χ0n) is 12.7. The van der Waals surface area contributed by atoms with Gasteiger partial charge < -0.3 is 10.1 Å². The molecule has 1 amide bonds. The Morgan fingerprint density at radius 3 is 2.91 bits per heavy atom. The lowest BCUT2D eigenvalue weighted by molar-refractivity contribution is -0.118. The second kappa shape index (κ2) is 8.79. The number of benzene rings is 1. The SMILES string of the molecule is C[C@H](CC#N)Sc1ccccc1NC(=O)CN1CCOCC1. The lowest BCUT2D eigenvalue weighted by Gasteiger charge is -2.26. The van der Waals surface area contributed by atoms with Crippen molar-refractivity contribution in [3.05, 3.63) is 24.3 Å². The van der Waals surface area contributed by atoms with Crippen LogP contribution in [-0.4, -0.2) is 48.9 Å². The number of nitriles is 1. The highest BCUT2D eigenvalue weighted by Gasteiger charge is 2.15. The number of para-hydroxylation sites is 1. The van der Waals surface area contributed by atoms with Gasteiger partial charge in [0.25, 0.3) is 0 Å². The molecule has 1 aromatic rings. The average molecular weight is 319 g/mol. The highest BCUT2D eigenvalue weighted by molar-refractivity contribution is 8.00. The molecule has 0 unspecified atom stereocenters. The van der Waals surface area contributed by atoms with Crippen LogP contribution in [0.25, 0.3) is 0 Å². The molecule has 1 fully saturated rings. The molecule has 0 spiro atoms. The van der Waals surface area contributed by atoms with Gasteiger partial charge >= 0.3 is 0 Å². The van der Waals surface area contributed by atoms with E-state index in [0.29, 0.717) is 26.2 Å². The van der Waals surface area contributed by atoms with Gasteiger partial charge in [-0.1, -0.05) is 19.1 Å². The monoisotopic (exact) mass is 319 g/mol. The minimum Gasteiger partial charge on any atom is -0.379 e. The number of nitrogens with zero attached hydrogens (tertiary/aromatic N) is 2. The first-order chi connectivity index (χ1) is 10.7. The summed E-state index contributed by atoms with van der Waals surface area (Å²) in [5.74, 6) is -0.0112. The number of carbonyl (C=O) groups is 1. The number of amides is 1. The van der Waals surface area contributed by atoms with E-state index >= 15 is 0 Å². The maximum Gasteiger partial charge on any atom is 0.238 e. The Hall–Kier alpha value is -1.55. The topological polar surface area (TPSA) is 65.4 Å². The molecule has 0 aliphatic carbocycles. The van der Waals surface area contributed by atoms with Crippen LogP contribution in [-0.2, 0) is 9.53 Å². The molecule has 1 atom stereocenters. The van der Waals surface area contributed by atoms with Crippen LogP contribution in [0.2, 0.25) is 0 Å². The van der Waals surface area contributed by atoms with Gasteiger partial charge in [0.1, 0.15) is 0 Å². The lowest BCUT2D eigenvalue weighted by Crippen LogP contribution is -2.41. The molecule has 0 aromatic heterocycles. The first kappa shape index (κ1) is 16.8. The molecular weight excluding hydrogens is 298 g/mol. The summed E-state index contributed by atoms with van der Waals surface area (Å²) in [5, 5.41) is 11.9. The standard InChI is InChI=1S/C16H21N3O2S/c1-13(6-7-17)22-15-5-3-2-4-14(15)18-16(20)12-19-8-10-21-11-9-19/h2-5,13H,6,8-12H2,1H3,(H,18,20)/t13-/m1/s1. The van der Waals surface area contributed by atoms with Gasteiger partial charge in [0, 0.05) is 29.7 Å². The van der Waals surface area contributed by atoms with Gasteiger partial charge in [-0.3, -0.25) is 9.69 Å². The van der Waals surface area contributed by atoms with Gasteiger partial charge in [-0.2, -0.15) is 5.26 Å². The quantitative estimate of drug-likeness (QED) is 0.815. The van der Waals surface area contributed by atoms with Crippen LogP contribution in [0.4, 0.5) is 5.69 Å². The van der Waals surface area contributed by atoms with Crippen molar-refractivity contribution in [1.29, 1.82) is 5.26 Å². The van der Waals surface area contributed by atoms with Gasteiger partial charge in [0.05, 0.1) is 31.5 Å². The van der Waals surface area contributed by atoms with Crippen molar-refractivity contribution in [1.82, 2.24) is 4.90 Å². The van der Waals surface area contributed by atoms with Gasteiger partial charge in [0.2, 0.25) is 5.91 Å². The highest BCUT2D eigenvalue weighted by atomic mass is 32.2. The van der Waals surface area contributed by atoms with Gasteiger partial charge in [0.15, 0.2) is 0 Å². The number of rotatable bonds is 6. The first-order valence-corrected chi connectivity index (χ1v) is 8.29. The third kappa shape index (κ3) is 5.34. The number of thioether (sulfide) groups is 1. The molecule has 1 heterocycles. The van der Waals surface area contributed by atoms with Crippen LogP contribution in [0, 0.1) is 11.3 Å². The molecule has 1 aromatic carbocycles. The Balaban J connectivity index is 1.93. The molecular formula is C16H21N3O2S. The average Bonchev–Trinajstić information content (AvgIpc) is 2.50. The maximum atomic E-state index is 12.2. The van der Waals surface area contributed by atoms with E-state index in [-0.39, 0.29) is 11.2 Å². The van der Waals surface area contributed by atoms with Crippen molar-refractivity contribution >= 4 is 23.4 Å². The third-order valence-electron chi connectivity index (χ3n) is 3.34. The Kier molecular flexibility index (Phi) is 6.72. The van der Waals surface area contributed by atoms with Crippen LogP contribution in [0.15, 0.2) is 29.2 Å². The molecule has 1 aliphatic heterocycles. The van der Waals surface area contributed by atoms with Gasteiger partial charge in [-0.05, 0) is 12.1 Å². The smallest absolute Gasteiger partial charge is 0.238 e. The van der Waals surface area contributed by atoms with Crippen LogP contribution in [0.1, 0.15) is 13.3 Å². The molecule has 22 heavy (non-hydrogen) atoms. The zero-order valence-corrected chi connectivity index (χ0v) is 13.6. The van der Waals surface area contributed by atoms with E-state index < -0.39 is 0 Å². The fraction of sp³-hybridized carbons (Fsp3) is 0.500. The summed E-state index contributed by atoms with van der Waals surface area (Å²) >= 11 is 1.61. The minimum atomic E-state index is -0.0112. The van der Waals surface area contributed by atoms with Crippen LogP contribution < -0.4 is 5.32 Å². The lowest BCUT2D eigenvalue weighted by atomic mass is 10.3. The second-order valence-corrected chi connectivity index (χ2v) is 6.70. The number of hydrogen-bond donors (Lipinski definition) is 1. The number of morpholine rings is 1. The van der Waals surface area contributed by atoms with Gasteiger partial charge in [-0.25, -0.2) is 0 Å². The van der Waals surface area contributed by atoms with Crippen molar-refractivity contribution < 1.29 is 9.53 Å². The van der Waals surface area contributed by atoms with E-state index in [1.165, 1.54) is 0 Å². The summed E-state index contributed by atoms with van der Waals surface area (Å²) in [5.41, 5.74) is 0.815. The molecule has 2 rings (SSSR count). The highest BCUT2D eigenvalue weighted by Crippen LogP contribution is 2.31. The Morgan fingerprint density at radius 2 is 2.18 bits per heavy atom. The predicted octanol–water partition coefficient (Wildman–Crippen LogP) is 2.35. The largest absolute Gasteiger partial charge is 0.379 e. The summed E-state index contributed by atoms with van der Waals surface area (Å²) in [6.07, 6.45) is 0.487. The fourth-order valence-corrected chi connectivity index (χ4v) is 3.21. The summed E-state index contributed by atoms with van der Waals surface area (Å²) in [6.45, 7) is 5.36. The third-order valence-corrected chi connectivity index (χ3v) is 4.52. The molecule has 5 nitrogen and oxygen atoms in total. The van der Waals surface area contributed by atoms with Crippen LogP contribution >= 0.6 is 11.8 Å². The molecule has 1 saturated heterocycles. The van der Waals surface area contributed by atoms with Gasteiger partial charge in [-0.15, -0.1) is 11.8 Å². The number of carbonyl (C=O) groups excluding carboxylic acids is 1. The van der Waals surface area contributed by atoms with E-state index in [1.807, 2.05) is 31.2 Å². The molecule has 6 heteroatoms. The summed E-state index contributed by atoms with van der Waals surface area (Å²) in [4.78, 5) is 15.3. The van der Waals surface area contributed by atoms with E-state index in [0.717, 1.165) is 23.7 Å². The fourth-order valence-electron chi connectivity index (χ4n) is 2.21. The van der Waals surface area contributed by atoms with E-state index in [2.05, 4.69) is 16.3 Å². The zero-order chi connectivity index (χ0) is 15.8. The first-order valence-electron chi connectivity index (χ1n) is 7.41. The molecule has 1 N–H and O–H groups in total. The Labute approximate surface area is 135 Å². The number of nitrogens with one attached hydrogen (secondary N) is 1. The van der Waals surface area contributed by atoms with Crippen molar-refractivity contribution in [2.45, 2.75) is 23.5 Å². The molecule has 0 saturated carbocycles. The van der Waals surface area contributed by atoms with Crippen molar-refractivity contribution in [2.75, 3.05) is 38.2 Å². The number of anilines is 1.